The highest BCUT2D eigenvalue weighted by Crippen LogP contribution is 2.26. The zero-order valence-corrected chi connectivity index (χ0v) is 14.6. The minimum absolute atomic E-state index is 0.183. The average Bonchev–Trinajstić information content (AvgIpc) is 3.05. The van der Waals surface area contributed by atoms with Crippen LogP contribution in [-0.4, -0.2) is 27.0 Å². The summed E-state index contributed by atoms with van der Waals surface area (Å²) < 4.78 is 1.69. The molecule has 2 aromatic heterocycles. The fraction of sp³-hybridized carbons (Fsp3) is 0.250. The minimum atomic E-state index is -0.247. The Labute approximate surface area is 147 Å². The molecule has 5 heteroatoms. The molecule has 0 fully saturated rings. The molecule has 0 radical (unpaired) electrons. The van der Waals surface area contributed by atoms with E-state index in [9.17, 15) is 4.79 Å². The summed E-state index contributed by atoms with van der Waals surface area (Å²) in [4.78, 5) is 16.6. The fourth-order valence-corrected chi connectivity index (χ4v) is 2.75. The number of hydrogen-bond donors (Lipinski definition) is 1. The molecule has 5 nitrogen and oxygen atoms in total. The van der Waals surface area contributed by atoms with Gasteiger partial charge in [-0.3, -0.25) is 4.79 Å². The van der Waals surface area contributed by atoms with E-state index in [1.54, 1.807) is 16.9 Å². The Morgan fingerprint density at radius 1 is 1.28 bits per heavy atom. The Bertz CT molecular complexity index is 962. The Morgan fingerprint density at radius 3 is 2.64 bits per heavy atom. The van der Waals surface area contributed by atoms with E-state index in [1.807, 2.05) is 6.92 Å². The van der Waals surface area contributed by atoms with Gasteiger partial charge in [-0.05, 0) is 24.0 Å². The number of terminal acetylenes is 1. The molecule has 1 amide bonds. The highest BCUT2D eigenvalue weighted by atomic mass is 16.1. The Morgan fingerprint density at radius 2 is 2.00 bits per heavy atom. The van der Waals surface area contributed by atoms with E-state index < -0.39 is 0 Å². The van der Waals surface area contributed by atoms with Crippen LogP contribution in [0.1, 0.15) is 41.4 Å². The van der Waals surface area contributed by atoms with Crippen LogP contribution in [0, 0.1) is 19.3 Å². The predicted molar refractivity (Wildman–Crippen MR) is 98.4 cm³/mol. The van der Waals surface area contributed by atoms with E-state index in [4.69, 9.17) is 6.42 Å². The first-order chi connectivity index (χ1) is 12.0. The van der Waals surface area contributed by atoms with Crippen LogP contribution in [0.3, 0.4) is 0 Å². The van der Waals surface area contributed by atoms with Crippen molar-refractivity contribution in [1.82, 2.24) is 19.9 Å². The molecule has 0 aliphatic heterocycles. The third-order valence-electron chi connectivity index (χ3n) is 4.25. The molecule has 2 heterocycles. The summed E-state index contributed by atoms with van der Waals surface area (Å²) in [6.45, 7) is 6.37. The van der Waals surface area contributed by atoms with Crippen molar-refractivity contribution in [2.24, 2.45) is 0 Å². The van der Waals surface area contributed by atoms with Gasteiger partial charge in [0, 0.05) is 11.8 Å². The summed E-state index contributed by atoms with van der Waals surface area (Å²) in [5.41, 5.74) is 5.20. The molecular formula is C20H20N4O. The standard InChI is InChI=1S/C20H20N4O/c1-5-10-21-20(25)17-11-22-19-18(12-23-24(19)14(17)4)16-8-6-15(7-9-16)13(2)3/h1,6-9,11-13H,10H2,2-4H3,(H,21,25). The fourth-order valence-electron chi connectivity index (χ4n) is 2.75. The van der Waals surface area contributed by atoms with Crippen LogP contribution in [0.25, 0.3) is 16.8 Å². The van der Waals surface area contributed by atoms with Crippen LogP contribution in [0.2, 0.25) is 0 Å². The third kappa shape index (κ3) is 3.11. The lowest BCUT2D eigenvalue weighted by molar-refractivity contribution is 0.0957. The molecule has 0 saturated carbocycles. The molecule has 0 spiro atoms. The number of rotatable bonds is 4. The largest absolute Gasteiger partial charge is 0.341 e. The number of amides is 1. The number of aromatic nitrogens is 3. The van der Waals surface area contributed by atoms with E-state index in [0.717, 1.165) is 22.5 Å². The highest BCUT2D eigenvalue weighted by molar-refractivity contribution is 5.95. The smallest absolute Gasteiger partial charge is 0.255 e. The lowest BCUT2D eigenvalue weighted by atomic mass is 10.00. The lowest BCUT2D eigenvalue weighted by Crippen LogP contribution is -2.25. The number of carbonyl (C=O) groups excluding carboxylic acids is 1. The normalized spacial score (nSPS) is 10.8. The number of hydrogen-bond acceptors (Lipinski definition) is 3. The summed E-state index contributed by atoms with van der Waals surface area (Å²) in [6.07, 6.45) is 8.54. The van der Waals surface area contributed by atoms with Crippen molar-refractivity contribution in [3.63, 3.8) is 0 Å². The molecule has 0 saturated heterocycles. The monoisotopic (exact) mass is 332 g/mol. The number of aryl methyl sites for hydroxylation is 1. The lowest BCUT2D eigenvalue weighted by Gasteiger charge is -2.08. The average molecular weight is 332 g/mol. The summed E-state index contributed by atoms with van der Waals surface area (Å²) >= 11 is 0. The maximum Gasteiger partial charge on any atom is 0.255 e. The van der Waals surface area contributed by atoms with E-state index in [2.05, 4.69) is 59.4 Å². The predicted octanol–water partition coefficient (Wildman–Crippen LogP) is 3.19. The molecule has 0 bridgehead atoms. The third-order valence-corrected chi connectivity index (χ3v) is 4.25. The summed E-state index contributed by atoms with van der Waals surface area (Å²) in [5.74, 6) is 2.63. The van der Waals surface area contributed by atoms with Gasteiger partial charge < -0.3 is 5.32 Å². The van der Waals surface area contributed by atoms with Crippen molar-refractivity contribution in [3.05, 3.63) is 53.5 Å². The minimum Gasteiger partial charge on any atom is -0.341 e. The highest BCUT2D eigenvalue weighted by Gasteiger charge is 2.16. The maximum absolute atomic E-state index is 12.2. The summed E-state index contributed by atoms with van der Waals surface area (Å²) in [5, 5.41) is 7.06. The number of nitrogens with zero attached hydrogens (tertiary/aromatic N) is 3. The molecule has 0 aliphatic rings. The van der Waals surface area contributed by atoms with E-state index in [1.165, 1.54) is 5.56 Å². The number of carbonyl (C=O) groups is 1. The van der Waals surface area contributed by atoms with Crippen LogP contribution >= 0.6 is 0 Å². The Hall–Kier alpha value is -3.13. The second-order valence-electron chi connectivity index (χ2n) is 6.21. The molecule has 25 heavy (non-hydrogen) atoms. The first-order valence-electron chi connectivity index (χ1n) is 8.18. The van der Waals surface area contributed by atoms with Gasteiger partial charge in [0.1, 0.15) is 0 Å². The molecule has 0 unspecified atom stereocenters. The van der Waals surface area contributed by atoms with Gasteiger partial charge >= 0.3 is 0 Å². The van der Waals surface area contributed by atoms with Gasteiger partial charge in [0.25, 0.3) is 5.91 Å². The molecule has 1 N–H and O–H groups in total. The molecular weight excluding hydrogens is 312 g/mol. The second kappa shape index (κ2) is 6.78. The first-order valence-corrected chi connectivity index (χ1v) is 8.18. The van der Waals surface area contributed by atoms with Crippen molar-refractivity contribution in [3.8, 4) is 23.5 Å². The van der Waals surface area contributed by atoms with Crippen molar-refractivity contribution >= 4 is 11.6 Å². The van der Waals surface area contributed by atoms with E-state index >= 15 is 0 Å². The quantitative estimate of drug-likeness (QED) is 0.747. The second-order valence-corrected chi connectivity index (χ2v) is 6.21. The Balaban J connectivity index is 2.01. The van der Waals surface area contributed by atoms with Crippen LogP contribution in [0.15, 0.2) is 36.7 Å². The topological polar surface area (TPSA) is 59.3 Å². The summed E-state index contributed by atoms with van der Waals surface area (Å²) in [6, 6.07) is 8.41. The number of benzene rings is 1. The van der Waals surface area contributed by atoms with E-state index in [0.29, 0.717) is 11.5 Å². The molecule has 0 atom stereocenters. The molecule has 126 valence electrons. The van der Waals surface area contributed by atoms with Gasteiger partial charge in [0.05, 0.1) is 24.0 Å². The van der Waals surface area contributed by atoms with Crippen LogP contribution in [0.4, 0.5) is 0 Å². The van der Waals surface area contributed by atoms with Crippen molar-refractivity contribution < 1.29 is 4.79 Å². The van der Waals surface area contributed by atoms with Crippen molar-refractivity contribution in [1.29, 1.82) is 0 Å². The number of fused-ring (bicyclic) bond motifs is 1. The van der Waals surface area contributed by atoms with Crippen molar-refractivity contribution in [2.75, 3.05) is 6.54 Å². The van der Waals surface area contributed by atoms with Crippen LogP contribution < -0.4 is 5.32 Å². The van der Waals surface area contributed by atoms with Gasteiger partial charge in [-0.15, -0.1) is 6.42 Å². The van der Waals surface area contributed by atoms with Crippen LogP contribution in [0.5, 0.6) is 0 Å². The zero-order valence-electron chi connectivity index (χ0n) is 14.6. The molecule has 0 aliphatic carbocycles. The molecule has 3 aromatic rings. The van der Waals surface area contributed by atoms with Gasteiger partial charge in [0.2, 0.25) is 0 Å². The zero-order chi connectivity index (χ0) is 18.0. The maximum atomic E-state index is 12.2. The van der Waals surface area contributed by atoms with Gasteiger partial charge in [-0.2, -0.15) is 5.10 Å². The Kier molecular flexibility index (Phi) is 4.53. The van der Waals surface area contributed by atoms with Crippen molar-refractivity contribution in [2.45, 2.75) is 26.7 Å². The SMILES string of the molecule is C#CCNC(=O)c1cnc2c(-c3ccc(C(C)C)cc3)cnn2c1C. The molecule has 1 aromatic carbocycles. The molecule has 3 rings (SSSR count). The van der Waals surface area contributed by atoms with Gasteiger partial charge in [-0.25, -0.2) is 9.50 Å². The van der Waals surface area contributed by atoms with Gasteiger partial charge in [0.15, 0.2) is 5.65 Å². The summed E-state index contributed by atoms with van der Waals surface area (Å²) in [7, 11) is 0. The van der Waals surface area contributed by atoms with E-state index in [-0.39, 0.29) is 12.5 Å². The first kappa shape index (κ1) is 16.7. The van der Waals surface area contributed by atoms with Gasteiger partial charge in [-0.1, -0.05) is 44.0 Å². The van der Waals surface area contributed by atoms with Crippen LogP contribution in [-0.2, 0) is 0 Å². The number of nitrogens with one attached hydrogen (secondary N) is 1.